The van der Waals surface area contributed by atoms with Crippen LogP contribution >= 0.6 is 22.9 Å². The van der Waals surface area contributed by atoms with Crippen molar-refractivity contribution in [2.45, 2.75) is 31.9 Å². The van der Waals surface area contributed by atoms with Crippen LogP contribution in [0.25, 0.3) is 0 Å². The molecule has 1 aromatic rings. The lowest BCUT2D eigenvalue weighted by Crippen LogP contribution is -2.53. The number of amides is 1. The monoisotopic (exact) mass is 303 g/mol. The summed E-state index contributed by atoms with van der Waals surface area (Å²) < 4.78 is 6.14. The van der Waals surface area contributed by atoms with Crippen LogP contribution < -0.4 is 0 Å². The minimum Gasteiger partial charge on any atom is -0.394 e. The van der Waals surface area contributed by atoms with Gasteiger partial charge in [-0.1, -0.05) is 11.6 Å². The Morgan fingerprint density at radius 1 is 1.68 bits per heavy atom. The highest BCUT2D eigenvalue weighted by atomic mass is 35.5. The van der Waals surface area contributed by atoms with Crippen molar-refractivity contribution in [3.05, 3.63) is 21.3 Å². The molecule has 4 nitrogen and oxygen atoms in total. The van der Waals surface area contributed by atoms with E-state index in [1.807, 2.05) is 26.0 Å². The van der Waals surface area contributed by atoms with E-state index in [-0.39, 0.29) is 30.6 Å². The average molecular weight is 304 g/mol. The molecule has 1 N–H and O–H groups in total. The second-order valence-corrected chi connectivity index (χ2v) is 6.59. The Labute approximate surface area is 121 Å². The van der Waals surface area contributed by atoms with E-state index in [2.05, 4.69) is 0 Å². The molecule has 3 atom stereocenters. The zero-order valence-electron chi connectivity index (χ0n) is 11.0. The van der Waals surface area contributed by atoms with Crippen LogP contribution in [-0.2, 0) is 9.53 Å². The molecule has 0 spiro atoms. The Bertz CT molecular complexity index is 451. The van der Waals surface area contributed by atoms with Gasteiger partial charge in [0.2, 0.25) is 5.91 Å². The van der Waals surface area contributed by atoms with Crippen LogP contribution in [0.5, 0.6) is 0 Å². The lowest BCUT2D eigenvalue weighted by molar-refractivity contribution is -0.147. The maximum Gasteiger partial charge on any atom is 0.231 e. The van der Waals surface area contributed by atoms with Gasteiger partial charge in [0.25, 0.3) is 0 Å². The molecule has 0 radical (unpaired) electrons. The molecule has 1 amide bonds. The number of hydrogen-bond acceptors (Lipinski definition) is 4. The van der Waals surface area contributed by atoms with E-state index in [9.17, 15) is 4.79 Å². The molecule has 0 aromatic carbocycles. The molecule has 1 aliphatic rings. The minimum absolute atomic E-state index is 0.0354. The van der Waals surface area contributed by atoms with Crippen molar-refractivity contribution >= 4 is 28.8 Å². The first-order chi connectivity index (χ1) is 9.02. The number of halogens is 1. The van der Waals surface area contributed by atoms with E-state index in [1.165, 1.54) is 11.3 Å². The largest absolute Gasteiger partial charge is 0.394 e. The van der Waals surface area contributed by atoms with Crippen LogP contribution in [0.2, 0.25) is 4.34 Å². The quantitative estimate of drug-likeness (QED) is 0.930. The number of nitrogens with zero attached hydrogens (tertiary/aromatic N) is 1. The molecule has 0 aliphatic carbocycles. The molecular weight excluding hydrogens is 286 g/mol. The highest BCUT2D eigenvalue weighted by molar-refractivity contribution is 7.16. The molecule has 6 heteroatoms. The Morgan fingerprint density at radius 3 is 3.00 bits per heavy atom. The van der Waals surface area contributed by atoms with Crippen molar-refractivity contribution in [1.29, 1.82) is 0 Å². The fraction of sp³-hybridized carbons (Fsp3) is 0.615. The van der Waals surface area contributed by atoms with Crippen LogP contribution in [0.4, 0.5) is 0 Å². The number of morpholine rings is 1. The molecule has 0 saturated carbocycles. The van der Waals surface area contributed by atoms with E-state index >= 15 is 0 Å². The zero-order valence-corrected chi connectivity index (χ0v) is 12.6. The Hall–Kier alpha value is -0.620. The first-order valence-electron chi connectivity index (χ1n) is 6.31. The summed E-state index contributed by atoms with van der Waals surface area (Å²) in [6, 6.07) is 3.74. The number of carbonyl (C=O) groups excluding carboxylic acids is 1. The molecule has 1 aromatic heterocycles. The summed E-state index contributed by atoms with van der Waals surface area (Å²) in [4.78, 5) is 15.3. The van der Waals surface area contributed by atoms with Gasteiger partial charge in [-0.3, -0.25) is 4.79 Å². The van der Waals surface area contributed by atoms with Crippen LogP contribution in [-0.4, -0.2) is 47.8 Å². The molecule has 2 rings (SSSR count). The van der Waals surface area contributed by atoms with Crippen molar-refractivity contribution in [3.63, 3.8) is 0 Å². The van der Waals surface area contributed by atoms with Gasteiger partial charge in [-0.25, -0.2) is 0 Å². The normalized spacial score (nSPS) is 25.4. The SMILES string of the molecule is C[C@H](C(=O)N1C[C@@H](CO)OC[C@@H]1C)c1ccc(Cl)s1. The van der Waals surface area contributed by atoms with Crippen molar-refractivity contribution in [1.82, 2.24) is 4.90 Å². The standard InChI is InChI=1S/C13H18ClNO3S/c1-8-7-18-10(6-16)5-15(8)13(17)9(2)11-3-4-12(14)19-11/h3-4,8-10,16H,5-7H2,1-2H3/t8-,9-,10-/m0/s1. The molecule has 2 heterocycles. The third kappa shape index (κ3) is 3.28. The maximum absolute atomic E-state index is 12.5. The molecule has 1 fully saturated rings. The number of carbonyl (C=O) groups is 1. The van der Waals surface area contributed by atoms with Gasteiger partial charge < -0.3 is 14.7 Å². The Kier molecular flexibility index (Phi) is 4.84. The summed E-state index contributed by atoms with van der Waals surface area (Å²) in [6.45, 7) is 4.70. The van der Waals surface area contributed by atoms with Gasteiger partial charge in [-0.2, -0.15) is 0 Å². The van der Waals surface area contributed by atoms with Crippen molar-refractivity contribution in [2.24, 2.45) is 0 Å². The molecular formula is C13H18ClNO3S. The highest BCUT2D eigenvalue weighted by Crippen LogP contribution is 2.30. The molecule has 0 unspecified atom stereocenters. The van der Waals surface area contributed by atoms with Gasteiger partial charge in [-0.15, -0.1) is 11.3 Å². The van der Waals surface area contributed by atoms with Crippen LogP contribution in [0.15, 0.2) is 12.1 Å². The molecule has 19 heavy (non-hydrogen) atoms. The number of rotatable bonds is 3. The Morgan fingerprint density at radius 2 is 2.42 bits per heavy atom. The van der Waals surface area contributed by atoms with Crippen molar-refractivity contribution < 1.29 is 14.6 Å². The lowest BCUT2D eigenvalue weighted by Gasteiger charge is -2.38. The molecule has 106 valence electrons. The van der Waals surface area contributed by atoms with Gasteiger partial charge in [-0.05, 0) is 26.0 Å². The van der Waals surface area contributed by atoms with Gasteiger partial charge >= 0.3 is 0 Å². The third-order valence-electron chi connectivity index (χ3n) is 3.38. The van der Waals surface area contributed by atoms with Crippen LogP contribution in [0.1, 0.15) is 24.6 Å². The number of ether oxygens (including phenoxy) is 1. The number of hydrogen-bond donors (Lipinski definition) is 1. The van der Waals surface area contributed by atoms with E-state index in [0.717, 1.165) is 4.88 Å². The van der Waals surface area contributed by atoms with Gasteiger partial charge in [0.1, 0.15) is 0 Å². The van der Waals surface area contributed by atoms with E-state index in [0.29, 0.717) is 17.5 Å². The lowest BCUT2D eigenvalue weighted by atomic mass is 10.1. The minimum atomic E-state index is -0.278. The van der Waals surface area contributed by atoms with E-state index in [4.69, 9.17) is 21.4 Å². The smallest absolute Gasteiger partial charge is 0.231 e. The first-order valence-corrected chi connectivity index (χ1v) is 7.50. The van der Waals surface area contributed by atoms with Crippen LogP contribution in [0, 0.1) is 0 Å². The zero-order chi connectivity index (χ0) is 14.0. The van der Waals surface area contributed by atoms with E-state index in [1.54, 1.807) is 4.90 Å². The van der Waals surface area contributed by atoms with Gasteiger partial charge in [0.05, 0.1) is 35.6 Å². The Balaban J connectivity index is 2.09. The summed E-state index contributed by atoms with van der Waals surface area (Å²) in [5.41, 5.74) is 0. The van der Waals surface area contributed by atoms with Crippen LogP contribution in [0.3, 0.4) is 0 Å². The average Bonchev–Trinajstić information content (AvgIpc) is 2.84. The predicted octanol–water partition coefficient (Wildman–Crippen LogP) is 2.11. The third-order valence-corrected chi connectivity index (χ3v) is 4.80. The second-order valence-electron chi connectivity index (χ2n) is 4.84. The summed E-state index contributed by atoms with van der Waals surface area (Å²) in [7, 11) is 0. The highest BCUT2D eigenvalue weighted by Gasteiger charge is 2.32. The summed E-state index contributed by atoms with van der Waals surface area (Å²) in [5.74, 6) is -0.148. The molecule has 0 bridgehead atoms. The summed E-state index contributed by atoms with van der Waals surface area (Å²) in [6.07, 6.45) is -0.278. The summed E-state index contributed by atoms with van der Waals surface area (Å²) >= 11 is 7.34. The maximum atomic E-state index is 12.5. The van der Waals surface area contributed by atoms with Gasteiger partial charge in [0.15, 0.2) is 0 Å². The molecule has 1 saturated heterocycles. The van der Waals surface area contributed by atoms with Gasteiger partial charge in [0, 0.05) is 11.4 Å². The second kappa shape index (κ2) is 6.22. The van der Waals surface area contributed by atoms with Crippen molar-refractivity contribution in [3.8, 4) is 0 Å². The molecule has 1 aliphatic heterocycles. The number of aliphatic hydroxyl groups is 1. The summed E-state index contributed by atoms with van der Waals surface area (Å²) in [5, 5.41) is 9.16. The van der Waals surface area contributed by atoms with E-state index < -0.39 is 0 Å². The fourth-order valence-electron chi connectivity index (χ4n) is 2.17. The first kappa shape index (κ1) is 14.8. The number of thiophene rings is 1. The number of aliphatic hydroxyl groups excluding tert-OH is 1. The predicted molar refractivity (Wildman–Crippen MR) is 75.7 cm³/mol. The van der Waals surface area contributed by atoms with Crippen molar-refractivity contribution in [2.75, 3.05) is 19.8 Å². The fourth-order valence-corrected chi connectivity index (χ4v) is 3.27. The topological polar surface area (TPSA) is 49.8 Å².